The van der Waals surface area contributed by atoms with Gasteiger partial charge in [0.15, 0.2) is 0 Å². The summed E-state index contributed by atoms with van der Waals surface area (Å²) in [5.41, 5.74) is 3.80. The molecular weight excluding hydrogens is 569 g/mol. The number of hydrogen-bond acceptors (Lipinski definition) is 6. The number of hydrogen-bond donors (Lipinski definition) is 0. The molecule has 0 fully saturated rings. The van der Waals surface area contributed by atoms with Crippen LogP contribution in [0, 0.1) is 13.8 Å². The van der Waals surface area contributed by atoms with E-state index in [-0.39, 0.29) is 32.8 Å². The van der Waals surface area contributed by atoms with Gasteiger partial charge < -0.3 is 9.47 Å². The lowest BCUT2D eigenvalue weighted by Gasteiger charge is -2.13. The van der Waals surface area contributed by atoms with E-state index in [9.17, 15) is 16.8 Å². The van der Waals surface area contributed by atoms with Crippen molar-refractivity contribution in [1.82, 2.24) is 0 Å². The molecule has 0 radical (unpaired) electrons. The molecule has 5 aromatic rings. The maximum absolute atomic E-state index is 12.9. The molecule has 0 unspecified atom stereocenters. The van der Waals surface area contributed by atoms with E-state index >= 15 is 0 Å². The number of sulfone groups is 2. The van der Waals surface area contributed by atoms with Crippen LogP contribution in [-0.2, 0) is 32.9 Å². The van der Waals surface area contributed by atoms with Crippen LogP contribution in [0.25, 0.3) is 0 Å². The molecule has 0 aromatic heterocycles. The van der Waals surface area contributed by atoms with Crippen molar-refractivity contribution in [2.45, 2.75) is 46.6 Å². The maximum Gasteiger partial charge on any atom is 0.206 e. The van der Waals surface area contributed by atoms with Gasteiger partial charge in [0.05, 0.1) is 19.6 Å². The maximum atomic E-state index is 12.9. The molecule has 0 N–H and O–H groups in total. The highest BCUT2D eigenvalue weighted by molar-refractivity contribution is 7.91. The van der Waals surface area contributed by atoms with Crippen molar-refractivity contribution in [2.75, 3.05) is 0 Å². The Bertz CT molecular complexity index is 1740. The summed E-state index contributed by atoms with van der Waals surface area (Å²) in [6.07, 6.45) is 0. The topological polar surface area (TPSA) is 86.7 Å². The molecule has 6 nitrogen and oxygen atoms in total. The molecule has 5 aromatic carbocycles. The van der Waals surface area contributed by atoms with Crippen LogP contribution < -0.4 is 9.47 Å². The Hall–Kier alpha value is -4.40. The van der Waals surface area contributed by atoms with Crippen LogP contribution >= 0.6 is 0 Å². The molecule has 0 aliphatic carbocycles. The Balaban J connectivity index is 1.21. The summed E-state index contributed by atoms with van der Waals surface area (Å²) in [4.78, 5) is 0.895. The van der Waals surface area contributed by atoms with Crippen LogP contribution in [0.5, 0.6) is 11.5 Å². The van der Waals surface area contributed by atoms with Crippen molar-refractivity contribution < 1.29 is 26.3 Å². The van der Waals surface area contributed by atoms with Gasteiger partial charge in [0.25, 0.3) is 0 Å². The van der Waals surface area contributed by atoms with Gasteiger partial charge in [-0.05, 0) is 97.8 Å². The molecule has 5 rings (SSSR count). The van der Waals surface area contributed by atoms with Gasteiger partial charge in [-0.1, -0.05) is 59.7 Å². The van der Waals surface area contributed by atoms with E-state index in [2.05, 4.69) is 0 Å². The molecule has 0 aliphatic heterocycles. The lowest BCUT2D eigenvalue weighted by atomic mass is 10.1. The van der Waals surface area contributed by atoms with Crippen LogP contribution in [0.15, 0.2) is 141 Å². The highest BCUT2D eigenvalue weighted by Crippen LogP contribution is 2.26. The van der Waals surface area contributed by atoms with E-state index in [4.69, 9.17) is 9.47 Å². The molecule has 0 saturated carbocycles. The fourth-order valence-corrected chi connectivity index (χ4v) is 6.82. The van der Waals surface area contributed by atoms with Crippen LogP contribution in [0.2, 0.25) is 0 Å². The predicted octanol–water partition coefficient (Wildman–Crippen LogP) is 7.13. The monoisotopic (exact) mass is 598 g/mol. The predicted molar refractivity (Wildman–Crippen MR) is 161 cm³/mol. The first-order valence-corrected chi connectivity index (χ1v) is 16.3. The van der Waals surface area contributed by atoms with Crippen molar-refractivity contribution in [3.05, 3.63) is 144 Å². The Morgan fingerprint density at radius 1 is 0.429 bits per heavy atom. The summed E-state index contributed by atoms with van der Waals surface area (Å²) in [6.45, 7) is 4.34. The quantitative estimate of drug-likeness (QED) is 0.170. The second-order valence-corrected chi connectivity index (χ2v) is 13.8. The van der Waals surface area contributed by atoms with E-state index in [1.54, 1.807) is 97.1 Å². The van der Waals surface area contributed by atoms with Gasteiger partial charge in [0.2, 0.25) is 19.7 Å². The SMILES string of the molecule is Cc1ccc(S(=O)(=O)c2ccc(OCc3ccccc3COc3ccc(S(=O)(=O)c4ccc(C)cc4)cc3)cc2)cc1. The first-order valence-electron chi connectivity index (χ1n) is 13.3. The largest absolute Gasteiger partial charge is 0.489 e. The van der Waals surface area contributed by atoms with Crippen molar-refractivity contribution in [3.8, 4) is 11.5 Å². The van der Waals surface area contributed by atoms with Crippen molar-refractivity contribution in [3.63, 3.8) is 0 Å². The van der Waals surface area contributed by atoms with E-state index in [1.807, 2.05) is 38.1 Å². The summed E-state index contributed by atoms with van der Waals surface area (Å²) in [7, 11) is -7.22. The Morgan fingerprint density at radius 2 is 0.714 bits per heavy atom. The van der Waals surface area contributed by atoms with Crippen LogP contribution in [0.3, 0.4) is 0 Å². The van der Waals surface area contributed by atoms with Gasteiger partial charge in [0.1, 0.15) is 24.7 Å². The van der Waals surface area contributed by atoms with E-state index in [1.165, 1.54) is 0 Å². The average molecular weight is 599 g/mol. The fraction of sp³-hybridized carbons (Fsp3) is 0.118. The first kappa shape index (κ1) is 29.1. The van der Waals surface area contributed by atoms with E-state index < -0.39 is 19.7 Å². The van der Waals surface area contributed by atoms with Gasteiger partial charge in [0, 0.05) is 0 Å². The van der Waals surface area contributed by atoms with Crippen molar-refractivity contribution in [1.29, 1.82) is 0 Å². The molecule has 42 heavy (non-hydrogen) atoms. The minimum absolute atomic E-state index is 0.199. The van der Waals surface area contributed by atoms with Crippen molar-refractivity contribution in [2.24, 2.45) is 0 Å². The zero-order chi connectivity index (χ0) is 29.7. The Kier molecular flexibility index (Phi) is 8.47. The average Bonchev–Trinajstić information content (AvgIpc) is 3.00. The molecule has 8 heteroatoms. The minimum Gasteiger partial charge on any atom is -0.489 e. The van der Waals surface area contributed by atoms with Crippen molar-refractivity contribution >= 4 is 19.7 Å². The Morgan fingerprint density at radius 3 is 1.02 bits per heavy atom. The molecule has 0 amide bonds. The molecule has 0 heterocycles. The fourth-order valence-electron chi connectivity index (χ4n) is 4.30. The lowest BCUT2D eigenvalue weighted by molar-refractivity contribution is 0.285. The number of aryl methyl sites for hydroxylation is 2. The summed E-state index contributed by atoms with van der Waals surface area (Å²) in [5, 5.41) is 0. The second-order valence-electron chi connectivity index (χ2n) is 9.92. The van der Waals surface area contributed by atoms with Gasteiger partial charge in [-0.25, -0.2) is 16.8 Å². The minimum atomic E-state index is -3.61. The number of ether oxygens (including phenoxy) is 2. The Labute approximate surface area is 247 Å². The third-order valence-electron chi connectivity index (χ3n) is 6.84. The third-order valence-corrected chi connectivity index (χ3v) is 10.4. The molecule has 0 aliphatic rings. The summed E-state index contributed by atoms with van der Waals surface area (Å²) in [6, 6.07) is 34.0. The van der Waals surface area contributed by atoms with Gasteiger partial charge in [-0.2, -0.15) is 0 Å². The lowest BCUT2D eigenvalue weighted by Crippen LogP contribution is -2.05. The third kappa shape index (κ3) is 6.56. The zero-order valence-corrected chi connectivity index (χ0v) is 24.9. The van der Waals surface area contributed by atoms with Gasteiger partial charge in [-0.3, -0.25) is 0 Å². The molecule has 0 bridgehead atoms. The molecule has 0 saturated heterocycles. The smallest absolute Gasteiger partial charge is 0.206 e. The second kappa shape index (κ2) is 12.2. The molecule has 0 spiro atoms. The molecule has 0 atom stereocenters. The summed E-state index contributed by atoms with van der Waals surface area (Å²) < 4.78 is 63.6. The highest BCUT2D eigenvalue weighted by atomic mass is 32.2. The number of benzene rings is 5. The molecular formula is C34H30O6S2. The summed E-state index contributed by atoms with van der Waals surface area (Å²) >= 11 is 0. The van der Waals surface area contributed by atoms with Gasteiger partial charge >= 0.3 is 0 Å². The van der Waals surface area contributed by atoms with Crippen LogP contribution in [0.1, 0.15) is 22.3 Å². The molecule has 214 valence electrons. The standard InChI is InChI=1S/C34H30O6S2/c1-25-7-15-31(16-8-25)41(35,36)33-19-11-29(12-20-33)39-23-27-5-3-4-6-28(27)24-40-30-13-21-34(22-14-30)42(37,38)32-17-9-26(2)10-18-32/h3-22H,23-24H2,1-2H3. The van der Waals surface area contributed by atoms with Crippen LogP contribution in [0.4, 0.5) is 0 Å². The summed E-state index contributed by atoms with van der Waals surface area (Å²) in [5.74, 6) is 1.08. The van der Waals surface area contributed by atoms with E-state index in [0.29, 0.717) is 11.5 Å². The van der Waals surface area contributed by atoms with Crippen LogP contribution in [-0.4, -0.2) is 16.8 Å². The van der Waals surface area contributed by atoms with Gasteiger partial charge in [-0.15, -0.1) is 0 Å². The first-order chi connectivity index (χ1) is 20.1. The zero-order valence-electron chi connectivity index (χ0n) is 23.2. The number of rotatable bonds is 10. The highest BCUT2D eigenvalue weighted by Gasteiger charge is 2.18. The van der Waals surface area contributed by atoms with E-state index in [0.717, 1.165) is 22.3 Å². The normalized spacial score (nSPS) is 11.7.